The van der Waals surface area contributed by atoms with Crippen molar-refractivity contribution in [3.05, 3.63) is 82.4 Å². The van der Waals surface area contributed by atoms with Gasteiger partial charge in [-0.2, -0.15) is 0 Å². The first kappa shape index (κ1) is 21.2. The molecule has 2 aliphatic heterocycles. The van der Waals surface area contributed by atoms with Crippen LogP contribution in [0.2, 0.25) is 0 Å². The minimum absolute atomic E-state index is 0.396. The van der Waals surface area contributed by atoms with Crippen LogP contribution >= 0.6 is 12.0 Å². The molecule has 2 heterocycles. The molecule has 5 heteroatoms. The SMILES string of the molecule is CCOc1cc2c(cc1OSc1ccc(C)cc1)CC1c3ccc(OC)cc3CCN1C2. The summed E-state index contributed by atoms with van der Waals surface area (Å²) in [6.45, 7) is 6.73. The Balaban J connectivity index is 1.43. The van der Waals surface area contributed by atoms with E-state index in [1.165, 1.54) is 39.9 Å². The van der Waals surface area contributed by atoms with Crippen LogP contribution in [0.3, 0.4) is 0 Å². The first-order valence-electron chi connectivity index (χ1n) is 11.2. The predicted octanol–water partition coefficient (Wildman–Crippen LogP) is 6.14. The molecular formula is C27H29NO3S. The Morgan fingerprint density at radius 3 is 2.56 bits per heavy atom. The van der Waals surface area contributed by atoms with Crippen molar-refractivity contribution in [2.75, 3.05) is 20.3 Å². The van der Waals surface area contributed by atoms with Crippen LogP contribution in [-0.4, -0.2) is 25.2 Å². The summed E-state index contributed by atoms with van der Waals surface area (Å²) >= 11 is 1.38. The van der Waals surface area contributed by atoms with E-state index < -0.39 is 0 Å². The quantitative estimate of drug-likeness (QED) is 0.423. The molecule has 0 radical (unpaired) electrons. The largest absolute Gasteiger partial charge is 0.497 e. The Labute approximate surface area is 194 Å². The van der Waals surface area contributed by atoms with Crippen LogP contribution in [0.25, 0.3) is 0 Å². The summed E-state index contributed by atoms with van der Waals surface area (Å²) < 4.78 is 17.6. The Morgan fingerprint density at radius 1 is 0.969 bits per heavy atom. The number of ether oxygens (including phenoxy) is 2. The lowest BCUT2D eigenvalue weighted by atomic mass is 9.84. The Hall–Kier alpha value is -2.63. The lowest BCUT2D eigenvalue weighted by molar-refractivity contribution is 0.160. The predicted molar refractivity (Wildman–Crippen MR) is 129 cm³/mol. The molecule has 32 heavy (non-hydrogen) atoms. The van der Waals surface area contributed by atoms with E-state index in [4.69, 9.17) is 13.7 Å². The topological polar surface area (TPSA) is 30.9 Å². The second kappa shape index (κ2) is 9.08. The molecule has 0 N–H and O–H groups in total. The maximum atomic E-state index is 6.18. The van der Waals surface area contributed by atoms with Crippen LogP contribution in [-0.2, 0) is 19.4 Å². The molecule has 0 bridgehead atoms. The molecule has 0 spiro atoms. The van der Waals surface area contributed by atoms with Gasteiger partial charge in [0.25, 0.3) is 0 Å². The van der Waals surface area contributed by atoms with Gasteiger partial charge >= 0.3 is 0 Å². The summed E-state index contributed by atoms with van der Waals surface area (Å²) in [7, 11) is 1.74. The van der Waals surface area contributed by atoms with E-state index in [2.05, 4.69) is 66.4 Å². The van der Waals surface area contributed by atoms with Gasteiger partial charge in [-0.3, -0.25) is 4.90 Å². The van der Waals surface area contributed by atoms with Crippen molar-refractivity contribution >= 4 is 12.0 Å². The van der Waals surface area contributed by atoms with Gasteiger partial charge in [0.1, 0.15) is 5.75 Å². The number of methoxy groups -OCH3 is 1. The minimum Gasteiger partial charge on any atom is -0.497 e. The van der Waals surface area contributed by atoms with E-state index >= 15 is 0 Å². The lowest BCUT2D eigenvalue weighted by Gasteiger charge is -2.41. The number of rotatable bonds is 6. The number of aryl methyl sites for hydroxylation is 1. The van der Waals surface area contributed by atoms with Gasteiger partial charge in [-0.25, -0.2) is 0 Å². The second-order valence-corrected chi connectivity index (χ2v) is 9.29. The van der Waals surface area contributed by atoms with Crippen molar-refractivity contribution in [1.82, 2.24) is 4.90 Å². The molecule has 0 amide bonds. The van der Waals surface area contributed by atoms with Crippen LogP contribution in [0, 0.1) is 6.92 Å². The highest BCUT2D eigenvalue weighted by Crippen LogP contribution is 2.43. The molecule has 4 nitrogen and oxygen atoms in total. The Morgan fingerprint density at radius 2 is 1.78 bits per heavy atom. The van der Waals surface area contributed by atoms with Crippen molar-refractivity contribution < 1.29 is 13.7 Å². The zero-order valence-electron chi connectivity index (χ0n) is 18.9. The molecule has 0 saturated heterocycles. The average Bonchev–Trinajstić information content (AvgIpc) is 2.82. The maximum absolute atomic E-state index is 6.18. The lowest BCUT2D eigenvalue weighted by Crippen LogP contribution is -2.39. The normalized spacial score (nSPS) is 17.2. The third-order valence-electron chi connectivity index (χ3n) is 6.42. The fourth-order valence-electron chi connectivity index (χ4n) is 4.72. The number of nitrogens with zero attached hydrogens (tertiary/aromatic N) is 1. The maximum Gasteiger partial charge on any atom is 0.180 e. The van der Waals surface area contributed by atoms with Crippen molar-refractivity contribution in [1.29, 1.82) is 0 Å². The van der Waals surface area contributed by atoms with Crippen LogP contribution in [0.4, 0.5) is 0 Å². The van der Waals surface area contributed by atoms with Crippen molar-refractivity contribution in [3.8, 4) is 17.2 Å². The average molecular weight is 448 g/mol. The molecule has 3 aromatic carbocycles. The molecule has 3 aromatic rings. The van der Waals surface area contributed by atoms with Crippen LogP contribution < -0.4 is 13.7 Å². The molecule has 2 aliphatic rings. The first-order valence-corrected chi connectivity index (χ1v) is 12.0. The molecule has 5 rings (SSSR count). The smallest absolute Gasteiger partial charge is 0.180 e. The van der Waals surface area contributed by atoms with Crippen LogP contribution in [0.15, 0.2) is 59.5 Å². The zero-order chi connectivity index (χ0) is 22.1. The Bertz CT molecular complexity index is 1110. The van der Waals surface area contributed by atoms with Crippen molar-refractivity contribution in [2.45, 2.75) is 44.2 Å². The monoisotopic (exact) mass is 447 g/mol. The van der Waals surface area contributed by atoms with E-state index in [1.807, 2.05) is 6.92 Å². The van der Waals surface area contributed by atoms with E-state index in [1.54, 1.807) is 7.11 Å². The number of hydrogen-bond donors (Lipinski definition) is 0. The fraction of sp³-hybridized carbons (Fsp3) is 0.333. The fourth-order valence-corrected chi connectivity index (χ4v) is 5.29. The Kier molecular flexibility index (Phi) is 6.03. The van der Waals surface area contributed by atoms with Gasteiger partial charge in [0, 0.05) is 24.0 Å². The molecule has 0 saturated carbocycles. The summed E-state index contributed by atoms with van der Waals surface area (Å²) in [5.74, 6) is 2.57. The van der Waals surface area contributed by atoms with Crippen molar-refractivity contribution in [3.63, 3.8) is 0 Å². The first-order chi connectivity index (χ1) is 15.6. The number of benzene rings is 3. The highest BCUT2D eigenvalue weighted by molar-refractivity contribution is 7.95. The molecule has 1 atom stereocenters. The summed E-state index contributed by atoms with van der Waals surface area (Å²) in [6, 6.07) is 19.7. The molecule has 0 fully saturated rings. The minimum atomic E-state index is 0.396. The van der Waals surface area contributed by atoms with E-state index in [0.29, 0.717) is 12.6 Å². The third kappa shape index (κ3) is 4.19. The van der Waals surface area contributed by atoms with Gasteiger partial charge in [-0.1, -0.05) is 23.8 Å². The van der Waals surface area contributed by atoms with E-state index in [-0.39, 0.29) is 0 Å². The molecule has 166 valence electrons. The molecule has 0 aromatic heterocycles. The highest BCUT2D eigenvalue weighted by atomic mass is 32.2. The van der Waals surface area contributed by atoms with Gasteiger partial charge in [-0.15, -0.1) is 0 Å². The molecular weight excluding hydrogens is 418 g/mol. The van der Waals surface area contributed by atoms with Gasteiger partial charge in [0.15, 0.2) is 11.5 Å². The van der Waals surface area contributed by atoms with Gasteiger partial charge in [0.05, 0.1) is 25.8 Å². The van der Waals surface area contributed by atoms with Crippen molar-refractivity contribution in [2.24, 2.45) is 0 Å². The van der Waals surface area contributed by atoms with E-state index in [9.17, 15) is 0 Å². The van der Waals surface area contributed by atoms with Gasteiger partial charge in [-0.05, 0) is 85.3 Å². The summed E-state index contributed by atoms with van der Waals surface area (Å²) in [5.41, 5.74) is 6.76. The number of hydrogen-bond acceptors (Lipinski definition) is 5. The standard InChI is InChI=1S/C27H29NO3S/c1-4-30-26-16-21-17-28-12-11-19-13-22(29-3)7-10-24(19)25(28)14-20(21)15-27(26)31-32-23-8-5-18(2)6-9-23/h5-10,13,15-16,25H,4,11-12,14,17H2,1-3H3. The van der Waals surface area contributed by atoms with E-state index in [0.717, 1.165) is 48.1 Å². The second-order valence-electron chi connectivity index (χ2n) is 8.49. The highest BCUT2D eigenvalue weighted by Gasteiger charge is 2.33. The van der Waals surface area contributed by atoms with Crippen LogP contribution in [0.5, 0.6) is 17.2 Å². The third-order valence-corrected chi connectivity index (χ3v) is 7.15. The molecule has 0 aliphatic carbocycles. The summed E-state index contributed by atoms with van der Waals surface area (Å²) in [4.78, 5) is 3.67. The summed E-state index contributed by atoms with van der Waals surface area (Å²) in [5, 5.41) is 0. The number of fused-ring (bicyclic) bond motifs is 4. The van der Waals surface area contributed by atoms with Gasteiger partial charge < -0.3 is 13.7 Å². The van der Waals surface area contributed by atoms with Crippen LogP contribution in [0.1, 0.15) is 40.8 Å². The molecule has 1 unspecified atom stereocenters. The zero-order valence-corrected chi connectivity index (χ0v) is 19.7. The van der Waals surface area contributed by atoms with Gasteiger partial charge in [0.2, 0.25) is 0 Å². The summed E-state index contributed by atoms with van der Waals surface area (Å²) in [6.07, 6.45) is 2.04.